The summed E-state index contributed by atoms with van der Waals surface area (Å²) >= 11 is 1.26. The van der Waals surface area contributed by atoms with Crippen LogP contribution in [0.2, 0.25) is 0 Å². The molecule has 0 aromatic carbocycles. The number of hydrogen-bond donors (Lipinski definition) is 5. The molecule has 3 rings (SSSR count). The van der Waals surface area contributed by atoms with Crippen LogP contribution in [0.15, 0.2) is 11.5 Å². The Morgan fingerprint density at radius 2 is 1.51 bits per heavy atom. The quantitative estimate of drug-likeness (QED) is 0.143. The van der Waals surface area contributed by atoms with E-state index in [1.807, 2.05) is 0 Å². The topological polar surface area (TPSA) is 193 Å². The van der Waals surface area contributed by atoms with Gasteiger partial charge in [-0.1, -0.05) is 53.3 Å². The Morgan fingerprint density at radius 1 is 1.00 bits per heavy atom. The first-order valence-corrected chi connectivity index (χ1v) is 15.9. The first-order valence-electron chi connectivity index (χ1n) is 13.1. The van der Waals surface area contributed by atoms with E-state index in [4.69, 9.17) is 20.3 Å². The van der Waals surface area contributed by atoms with E-state index >= 15 is 0 Å². The van der Waals surface area contributed by atoms with Crippen molar-refractivity contribution in [2.24, 2.45) is 0 Å². The number of aliphatic hydroxyl groups is 2. The van der Waals surface area contributed by atoms with Crippen LogP contribution in [0, 0.1) is 0 Å². The Labute approximate surface area is 235 Å². The van der Waals surface area contributed by atoms with Gasteiger partial charge in [-0.3, -0.25) is 9.09 Å². The summed E-state index contributed by atoms with van der Waals surface area (Å²) in [5.41, 5.74) is 6.43. The number of anilines is 1. The monoisotopic (exact) mass is 595 g/mol. The molecule has 14 nitrogen and oxygen atoms in total. The fourth-order valence-electron chi connectivity index (χ4n) is 3.80. The highest BCUT2D eigenvalue weighted by Gasteiger charge is 2.45. The molecular weight excluding hydrogens is 549 g/mol. The summed E-state index contributed by atoms with van der Waals surface area (Å²) in [5.74, 6) is 0.155. The smallest absolute Gasteiger partial charge is 0.387 e. The number of aliphatic hydroxyl groups excluding tert-OH is 2. The molecule has 16 heteroatoms. The number of imidazole rings is 1. The fourth-order valence-corrected chi connectivity index (χ4v) is 4.51. The Balaban J connectivity index is 0.000000449. The van der Waals surface area contributed by atoms with Gasteiger partial charge in [-0.25, -0.2) is 19.5 Å². The summed E-state index contributed by atoms with van der Waals surface area (Å²) in [5, 5.41) is 20.7. The van der Waals surface area contributed by atoms with Gasteiger partial charge in [0.15, 0.2) is 22.8 Å². The lowest BCUT2D eigenvalue weighted by Crippen LogP contribution is -2.33. The molecule has 2 aromatic heterocycles. The van der Waals surface area contributed by atoms with E-state index < -0.39 is 39.0 Å². The highest BCUT2D eigenvalue weighted by Crippen LogP contribution is 2.39. The van der Waals surface area contributed by atoms with Crippen LogP contribution in [0.4, 0.5) is 5.82 Å². The molecule has 1 saturated heterocycles. The zero-order valence-electron chi connectivity index (χ0n) is 24.0. The van der Waals surface area contributed by atoms with Gasteiger partial charge < -0.3 is 40.3 Å². The lowest BCUT2D eigenvalue weighted by Gasteiger charge is -2.16. The normalized spacial score (nSPS) is 21.2. The second-order valence-electron chi connectivity index (χ2n) is 8.49. The second kappa shape index (κ2) is 17.4. The summed E-state index contributed by atoms with van der Waals surface area (Å²) in [6, 6.07) is 0. The van der Waals surface area contributed by atoms with Gasteiger partial charge >= 0.3 is 7.82 Å². The van der Waals surface area contributed by atoms with E-state index in [0.717, 1.165) is 0 Å². The number of nitrogen functional groups attached to an aromatic ring is 1. The number of fused-ring (bicyclic) bond motifs is 1. The van der Waals surface area contributed by atoms with Crippen LogP contribution in [0.1, 0.15) is 47.8 Å². The fraction of sp³-hybridized carbons (Fsp3) is 0.783. The number of ether oxygens (including phenoxy) is 1. The molecule has 2 aromatic rings. The maximum Gasteiger partial charge on any atom is 0.469 e. The first kappa shape index (κ1) is 35.6. The van der Waals surface area contributed by atoms with E-state index in [1.54, 1.807) is 6.26 Å². The standard InChI is InChI=1S/C11H16N5O7PS.2C6H15N/c1-25-11-14-8(12)5-9(15-11)16(3-13-5)10-7(18)6(17)4(23-10)2-22-24(19,20)21;2*1-4-7(5-2)6-3/h3-4,6-7,10,17-18H,2H2,1H3,(H2,12,14,15)(H2,19,20,21);2*4-6H2,1-3H3/t4-,6-,7-,10-;;/m1../s1. The highest BCUT2D eigenvalue weighted by atomic mass is 32.2. The number of phosphoric ester groups is 1. The van der Waals surface area contributed by atoms with Crippen LogP contribution in [0.25, 0.3) is 11.2 Å². The van der Waals surface area contributed by atoms with Gasteiger partial charge in [0.25, 0.3) is 0 Å². The van der Waals surface area contributed by atoms with Gasteiger partial charge in [0.1, 0.15) is 23.8 Å². The van der Waals surface area contributed by atoms with Crippen molar-refractivity contribution >= 4 is 36.6 Å². The molecule has 3 heterocycles. The van der Waals surface area contributed by atoms with E-state index in [0.29, 0.717) is 16.3 Å². The van der Waals surface area contributed by atoms with Gasteiger partial charge in [0.05, 0.1) is 12.9 Å². The van der Waals surface area contributed by atoms with E-state index in [1.165, 1.54) is 61.9 Å². The van der Waals surface area contributed by atoms with Crippen LogP contribution in [-0.2, 0) is 13.8 Å². The molecule has 6 N–H and O–H groups in total. The minimum atomic E-state index is -4.73. The van der Waals surface area contributed by atoms with E-state index in [2.05, 4.69) is 70.8 Å². The van der Waals surface area contributed by atoms with Crippen molar-refractivity contribution in [1.29, 1.82) is 0 Å². The average Bonchev–Trinajstić information content (AvgIpc) is 3.46. The highest BCUT2D eigenvalue weighted by molar-refractivity contribution is 7.98. The molecule has 1 fully saturated rings. The van der Waals surface area contributed by atoms with Gasteiger partial charge in [-0.2, -0.15) is 0 Å². The van der Waals surface area contributed by atoms with Crippen molar-refractivity contribution in [3.8, 4) is 0 Å². The molecule has 0 amide bonds. The SMILES string of the molecule is CCN(CC)CC.CCN(CC)CC.CSc1nc(N)c2ncn([C@@H]3O[C@H](COP(=O)(O)O)[C@@H](O)[C@H]3O)c2n1. The minimum absolute atomic E-state index is 0.155. The van der Waals surface area contributed by atoms with Crippen LogP contribution >= 0.6 is 19.6 Å². The largest absolute Gasteiger partial charge is 0.469 e. The van der Waals surface area contributed by atoms with Crippen molar-refractivity contribution in [2.75, 3.05) is 57.9 Å². The van der Waals surface area contributed by atoms with Crippen molar-refractivity contribution in [1.82, 2.24) is 29.3 Å². The molecule has 4 atom stereocenters. The third-order valence-electron chi connectivity index (χ3n) is 6.31. The number of thioether (sulfide) groups is 1. The number of aromatic nitrogens is 4. The Morgan fingerprint density at radius 3 is 1.92 bits per heavy atom. The van der Waals surface area contributed by atoms with Crippen molar-refractivity contribution < 1.29 is 33.8 Å². The van der Waals surface area contributed by atoms with Crippen LogP contribution in [0.3, 0.4) is 0 Å². The third-order valence-corrected chi connectivity index (χ3v) is 7.35. The second-order valence-corrected chi connectivity index (χ2v) is 10.5. The first-order chi connectivity index (χ1) is 18.4. The number of nitrogens with two attached hydrogens (primary N) is 1. The van der Waals surface area contributed by atoms with Crippen LogP contribution in [-0.4, -0.2) is 120 Å². The predicted octanol–water partition coefficient (Wildman–Crippen LogP) is 1.56. The summed E-state index contributed by atoms with van der Waals surface area (Å²) in [6.07, 6.45) is -1.96. The zero-order valence-corrected chi connectivity index (χ0v) is 25.7. The molecule has 0 unspecified atom stereocenters. The summed E-state index contributed by atoms with van der Waals surface area (Å²) in [7, 11) is -4.73. The van der Waals surface area contributed by atoms with Gasteiger partial charge in [-0.05, 0) is 45.5 Å². The molecular formula is C23H46N7O7PS. The number of hydrogen-bond acceptors (Lipinski definition) is 12. The molecule has 0 saturated carbocycles. The van der Waals surface area contributed by atoms with Gasteiger partial charge in [-0.15, -0.1) is 0 Å². The van der Waals surface area contributed by atoms with Crippen LogP contribution < -0.4 is 5.73 Å². The van der Waals surface area contributed by atoms with Crippen molar-refractivity contribution in [3.05, 3.63) is 6.33 Å². The minimum Gasteiger partial charge on any atom is -0.387 e. The number of rotatable bonds is 11. The molecule has 39 heavy (non-hydrogen) atoms. The van der Waals surface area contributed by atoms with Crippen molar-refractivity contribution in [3.63, 3.8) is 0 Å². The lowest BCUT2D eigenvalue weighted by molar-refractivity contribution is -0.0504. The third kappa shape index (κ3) is 10.8. The summed E-state index contributed by atoms with van der Waals surface area (Å²) < 4.78 is 22.0. The maximum absolute atomic E-state index is 10.8. The van der Waals surface area contributed by atoms with E-state index in [-0.39, 0.29) is 5.82 Å². The van der Waals surface area contributed by atoms with E-state index in [9.17, 15) is 14.8 Å². The number of phosphoric acid groups is 1. The molecule has 1 aliphatic rings. The molecule has 0 aliphatic carbocycles. The average molecular weight is 596 g/mol. The summed E-state index contributed by atoms with van der Waals surface area (Å²) in [4.78, 5) is 34.7. The summed E-state index contributed by atoms with van der Waals surface area (Å²) in [6.45, 7) is 19.7. The Hall–Kier alpha value is -1.39. The van der Waals surface area contributed by atoms with Crippen LogP contribution in [0.5, 0.6) is 0 Å². The maximum atomic E-state index is 10.8. The molecule has 226 valence electrons. The molecule has 1 aliphatic heterocycles. The zero-order chi connectivity index (χ0) is 29.8. The van der Waals surface area contributed by atoms with Crippen molar-refractivity contribution in [2.45, 2.75) is 71.2 Å². The number of nitrogens with zero attached hydrogens (tertiary/aromatic N) is 6. The molecule has 0 radical (unpaired) electrons. The molecule has 0 spiro atoms. The lowest BCUT2D eigenvalue weighted by atomic mass is 10.1. The van der Waals surface area contributed by atoms with Gasteiger partial charge in [0.2, 0.25) is 0 Å². The van der Waals surface area contributed by atoms with Gasteiger partial charge in [0, 0.05) is 0 Å². The Bertz CT molecular complexity index is 997. The predicted molar refractivity (Wildman–Crippen MR) is 152 cm³/mol. The Kier molecular flexibility index (Phi) is 15.9. The molecule has 0 bridgehead atoms.